The predicted octanol–water partition coefficient (Wildman–Crippen LogP) is 5.25. The number of amidine groups is 1. The van der Waals surface area contributed by atoms with Crippen molar-refractivity contribution < 1.29 is 22.4 Å². The summed E-state index contributed by atoms with van der Waals surface area (Å²) in [6.07, 6.45) is -2.18. The van der Waals surface area contributed by atoms with Gasteiger partial charge in [-0.2, -0.15) is 13.2 Å². The van der Waals surface area contributed by atoms with E-state index in [1.54, 1.807) is 37.4 Å². The van der Waals surface area contributed by atoms with Gasteiger partial charge in [-0.25, -0.2) is 4.39 Å². The van der Waals surface area contributed by atoms with Gasteiger partial charge in [-0.15, -0.1) is 0 Å². The number of benzene rings is 2. The number of alkyl halides is 4. The topological polar surface area (TPSA) is 70.7 Å². The van der Waals surface area contributed by atoms with Gasteiger partial charge in [-0.3, -0.25) is 9.79 Å². The Balaban J connectivity index is 1.48. The van der Waals surface area contributed by atoms with E-state index >= 15 is 0 Å². The highest BCUT2D eigenvalue weighted by Gasteiger charge is 2.49. The van der Waals surface area contributed by atoms with Crippen LogP contribution >= 0.6 is 0 Å². The standard InChI is InChI=1S/C27H30F4N4O/c1-25(7-4-8-25)34-14-16-9-20-21(22(10-16)27(29,30)31)15-35(23(20)36)19-6-3-5-17(11-19)26(24(32)33-2)12-18(28)13-26/h3,5-6,9-11,18,34H,4,7-8,12-15H2,1-2H3,(H2,32,33). The van der Waals surface area contributed by atoms with Gasteiger partial charge < -0.3 is 16.0 Å². The van der Waals surface area contributed by atoms with E-state index < -0.39 is 29.2 Å². The molecule has 0 unspecified atom stereocenters. The van der Waals surface area contributed by atoms with Gasteiger partial charge in [0.1, 0.15) is 12.0 Å². The Kier molecular flexibility index (Phi) is 5.89. The summed E-state index contributed by atoms with van der Waals surface area (Å²) >= 11 is 0. The van der Waals surface area contributed by atoms with Gasteiger partial charge in [0, 0.05) is 30.4 Å². The number of amides is 1. The predicted molar refractivity (Wildman–Crippen MR) is 131 cm³/mol. The lowest BCUT2D eigenvalue weighted by Gasteiger charge is -2.44. The van der Waals surface area contributed by atoms with Gasteiger partial charge in [-0.1, -0.05) is 12.1 Å². The van der Waals surface area contributed by atoms with Crippen LogP contribution in [0.15, 0.2) is 41.4 Å². The average molecular weight is 503 g/mol. The van der Waals surface area contributed by atoms with E-state index in [1.807, 2.05) is 0 Å². The van der Waals surface area contributed by atoms with E-state index in [-0.39, 0.29) is 42.6 Å². The number of carbonyl (C=O) groups excluding carboxylic acids is 1. The molecule has 0 spiro atoms. The van der Waals surface area contributed by atoms with E-state index in [9.17, 15) is 22.4 Å². The number of halogens is 4. The quantitative estimate of drug-likeness (QED) is 0.322. The third-order valence-electron chi connectivity index (χ3n) is 8.16. The maximum Gasteiger partial charge on any atom is 0.416 e. The molecule has 2 fully saturated rings. The maximum absolute atomic E-state index is 14.1. The first-order valence-corrected chi connectivity index (χ1v) is 12.2. The molecule has 2 saturated carbocycles. The van der Waals surface area contributed by atoms with E-state index in [1.165, 1.54) is 4.90 Å². The van der Waals surface area contributed by atoms with Crippen molar-refractivity contribution in [2.24, 2.45) is 10.7 Å². The summed E-state index contributed by atoms with van der Waals surface area (Å²) in [5.74, 6) is -0.172. The number of nitrogens with two attached hydrogens (primary N) is 1. The molecule has 2 aromatic rings. The van der Waals surface area contributed by atoms with E-state index in [0.717, 1.165) is 25.3 Å². The lowest BCUT2D eigenvalue weighted by molar-refractivity contribution is -0.138. The number of nitrogens with zero attached hydrogens (tertiary/aromatic N) is 2. The summed E-state index contributed by atoms with van der Waals surface area (Å²) in [4.78, 5) is 18.8. The fourth-order valence-electron chi connectivity index (χ4n) is 5.71. The molecule has 0 atom stereocenters. The number of hydrogen-bond donors (Lipinski definition) is 2. The molecule has 192 valence electrons. The molecule has 36 heavy (non-hydrogen) atoms. The van der Waals surface area contributed by atoms with Gasteiger partial charge in [0.15, 0.2) is 0 Å². The van der Waals surface area contributed by atoms with Crippen molar-refractivity contribution in [3.8, 4) is 0 Å². The largest absolute Gasteiger partial charge is 0.416 e. The molecule has 1 aliphatic heterocycles. The van der Waals surface area contributed by atoms with E-state index in [2.05, 4.69) is 17.2 Å². The second-order valence-corrected chi connectivity index (χ2v) is 10.6. The summed E-state index contributed by atoms with van der Waals surface area (Å²) in [5, 5.41) is 3.35. The minimum atomic E-state index is -4.59. The van der Waals surface area contributed by atoms with Crippen LogP contribution in [0.4, 0.5) is 23.2 Å². The van der Waals surface area contributed by atoms with Crippen LogP contribution in [-0.2, 0) is 24.7 Å². The summed E-state index contributed by atoms with van der Waals surface area (Å²) < 4.78 is 56.1. The van der Waals surface area contributed by atoms with Gasteiger partial charge in [0.05, 0.1) is 17.5 Å². The molecular weight excluding hydrogens is 472 g/mol. The third-order valence-corrected chi connectivity index (χ3v) is 8.16. The molecule has 2 aromatic carbocycles. The van der Waals surface area contributed by atoms with Crippen molar-refractivity contribution in [2.75, 3.05) is 11.9 Å². The molecular formula is C27H30F4N4O. The normalized spacial score (nSPS) is 25.4. The molecule has 0 radical (unpaired) electrons. The Morgan fingerprint density at radius 1 is 1.22 bits per heavy atom. The zero-order valence-electron chi connectivity index (χ0n) is 20.4. The highest BCUT2D eigenvalue weighted by Crippen LogP contribution is 2.47. The van der Waals surface area contributed by atoms with Crippen LogP contribution in [0.25, 0.3) is 0 Å². The monoisotopic (exact) mass is 502 g/mol. The number of aliphatic imine (C=N–C) groups is 1. The molecule has 5 rings (SSSR count). The summed E-state index contributed by atoms with van der Waals surface area (Å²) in [7, 11) is 1.55. The number of carbonyl (C=O) groups is 1. The Labute approximate surface area is 207 Å². The van der Waals surface area contributed by atoms with E-state index in [0.29, 0.717) is 22.6 Å². The second kappa shape index (κ2) is 8.57. The van der Waals surface area contributed by atoms with Gasteiger partial charge in [0.25, 0.3) is 5.91 Å². The van der Waals surface area contributed by atoms with Crippen LogP contribution < -0.4 is 16.0 Å². The molecule has 0 bridgehead atoms. The number of nitrogens with one attached hydrogen (secondary N) is 1. The lowest BCUT2D eigenvalue weighted by Crippen LogP contribution is -2.52. The number of hydrogen-bond acceptors (Lipinski definition) is 3. The van der Waals surface area contributed by atoms with Crippen LogP contribution in [0.2, 0.25) is 0 Å². The summed E-state index contributed by atoms with van der Waals surface area (Å²) in [5.41, 5.74) is 6.16. The zero-order valence-corrected chi connectivity index (χ0v) is 20.4. The Morgan fingerprint density at radius 2 is 1.94 bits per heavy atom. The Morgan fingerprint density at radius 3 is 2.53 bits per heavy atom. The van der Waals surface area contributed by atoms with Crippen molar-refractivity contribution in [1.82, 2.24) is 5.32 Å². The second-order valence-electron chi connectivity index (χ2n) is 10.6. The van der Waals surface area contributed by atoms with Crippen molar-refractivity contribution in [2.45, 2.75) is 75.4 Å². The molecule has 3 aliphatic rings. The van der Waals surface area contributed by atoms with Gasteiger partial charge in [-0.05, 0) is 80.0 Å². The van der Waals surface area contributed by atoms with Crippen LogP contribution in [-0.4, -0.2) is 30.5 Å². The molecule has 5 nitrogen and oxygen atoms in total. The Bertz CT molecular complexity index is 1230. The number of anilines is 1. The van der Waals surface area contributed by atoms with Crippen LogP contribution in [0, 0.1) is 0 Å². The molecule has 9 heteroatoms. The van der Waals surface area contributed by atoms with Crippen molar-refractivity contribution in [3.63, 3.8) is 0 Å². The third kappa shape index (κ3) is 4.07. The molecule has 3 N–H and O–H groups in total. The molecule has 1 amide bonds. The fourth-order valence-corrected chi connectivity index (χ4v) is 5.71. The minimum absolute atomic E-state index is 0.0201. The first-order valence-electron chi connectivity index (χ1n) is 12.2. The fraction of sp³-hybridized carbons (Fsp3) is 0.481. The number of fused-ring (bicyclic) bond motifs is 1. The average Bonchev–Trinajstić information content (AvgIpc) is 3.14. The van der Waals surface area contributed by atoms with Crippen molar-refractivity contribution in [1.29, 1.82) is 0 Å². The molecule has 0 aromatic heterocycles. The van der Waals surface area contributed by atoms with Crippen molar-refractivity contribution >= 4 is 17.4 Å². The minimum Gasteiger partial charge on any atom is -0.387 e. The van der Waals surface area contributed by atoms with Crippen LogP contribution in [0.3, 0.4) is 0 Å². The molecule has 1 heterocycles. The SMILES string of the molecule is CN=C(N)C1(c2cccc(N3Cc4c(cc(CNC5(C)CCC5)cc4C(F)(F)F)C3=O)c2)CC(F)C1. The first kappa shape index (κ1) is 24.7. The Hall–Kier alpha value is -2.94. The van der Waals surface area contributed by atoms with Crippen molar-refractivity contribution in [3.05, 3.63) is 64.2 Å². The van der Waals surface area contributed by atoms with E-state index in [4.69, 9.17) is 5.73 Å². The highest BCUT2D eigenvalue weighted by atomic mass is 19.4. The maximum atomic E-state index is 14.1. The molecule has 2 aliphatic carbocycles. The highest BCUT2D eigenvalue weighted by molar-refractivity contribution is 6.10. The van der Waals surface area contributed by atoms with Crippen LogP contribution in [0.5, 0.6) is 0 Å². The van der Waals surface area contributed by atoms with Crippen LogP contribution in [0.1, 0.15) is 71.6 Å². The molecule has 0 saturated heterocycles. The smallest absolute Gasteiger partial charge is 0.387 e. The first-order chi connectivity index (χ1) is 17.0. The lowest BCUT2D eigenvalue weighted by atomic mass is 9.62. The number of rotatable bonds is 6. The van der Waals surface area contributed by atoms with Gasteiger partial charge >= 0.3 is 6.18 Å². The zero-order chi connectivity index (χ0) is 25.9. The van der Waals surface area contributed by atoms with Gasteiger partial charge in [0.2, 0.25) is 0 Å². The summed E-state index contributed by atoms with van der Waals surface area (Å²) in [6, 6.07) is 9.66. The summed E-state index contributed by atoms with van der Waals surface area (Å²) in [6.45, 7) is 2.14.